The summed E-state index contributed by atoms with van der Waals surface area (Å²) in [6, 6.07) is 0. The molecule has 0 aromatic carbocycles. The highest BCUT2D eigenvalue weighted by Crippen LogP contribution is 2.24. The molecule has 4 nitrogen and oxygen atoms in total. The third kappa shape index (κ3) is 3.77. The maximum atomic E-state index is 11.8. The number of hydrogen-bond acceptors (Lipinski definition) is 2. The maximum absolute atomic E-state index is 11.8. The molecule has 2 atom stereocenters. The van der Waals surface area contributed by atoms with Crippen molar-refractivity contribution in [1.82, 2.24) is 4.90 Å². The highest BCUT2D eigenvalue weighted by molar-refractivity contribution is 5.78. The first-order valence-electron chi connectivity index (χ1n) is 6.00. The molecule has 1 fully saturated rings. The van der Waals surface area contributed by atoms with Crippen LogP contribution in [0.4, 0.5) is 0 Å². The summed E-state index contributed by atoms with van der Waals surface area (Å²) in [7, 11) is 0. The fraction of sp³-hybridized carbons (Fsp3) is 0.692. The summed E-state index contributed by atoms with van der Waals surface area (Å²) >= 11 is 0. The molecule has 1 saturated heterocycles. The first-order valence-corrected chi connectivity index (χ1v) is 6.00. The molecule has 0 aromatic rings. The lowest BCUT2D eigenvalue weighted by molar-refractivity contribution is -0.142. The van der Waals surface area contributed by atoms with Gasteiger partial charge in [-0.1, -0.05) is 6.92 Å². The van der Waals surface area contributed by atoms with Crippen LogP contribution in [0.5, 0.6) is 0 Å². The van der Waals surface area contributed by atoms with Gasteiger partial charge in [-0.15, -0.1) is 12.3 Å². The fourth-order valence-electron chi connectivity index (χ4n) is 2.15. The van der Waals surface area contributed by atoms with E-state index in [9.17, 15) is 9.59 Å². The molecular formula is C13H19NO3. The lowest BCUT2D eigenvalue weighted by Crippen LogP contribution is -2.29. The van der Waals surface area contributed by atoms with Gasteiger partial charge in [0.25, 0.3) is 0 Å². The van der Waals surface area contributed by atoms with E-state index in [0.717, 1.165) is 12.8 Å². The van der Waals surface area contributed by atoms with Crippen LogP contribution in [-0.4, -0.2) is 35.0 Å². The number of unbranched alkanes of at least 4 members (excludes halogenated alkanes) is 2. The molecule has 1 heterocycles. The van der Waals surface area contributed by atoms with Crippen molar-refractivity contribution >= 4 is 11.9 Å². The van der Waals surface area contributed by atoms with E-state index in [0.29, 0.717) is 25.9 Å². The number of terminal acetylenes is 1. The van der Waals surface area contributed by atoms with Gasteiger partial charge in [0.05, 0.1) is 5.92 Å². The minimum absolute atomic E-state index is 0.0437. The number of carbonyl (C=O) groups is 2. The van der Waals surface area contributed by atoms with Crippen molar-refractivity contribution in [2.75, 3.05) is 13.1 Å². The Morgan fingerprint density at radius 3 is 2.65 bits per heavy atom. The molecule has 4 heteroatoms. The third-order valence-electron chi connectivity index (χ3n) is 3.24. The average molecular weight is 237 g/mol. The number of nitrogens with zero attached hydrogens (tertiary/aromatic N) is 1. The van der Waals surface area contributed by atoms with Crippen LogP contribution in [0.15, 0.2) is 0 Å². The molecule has 0 unspecified atom stereocenters. The van der Waals surface area contributed by atoms with Gasteiger partial charge in [-0.2, -0.15) is 0 Å². The summed E-state index contributed by atoms with van der Waals surface area (Å²) in [4.78, 5) is 24.4. The number of aliphatic carboxylic acids is 1. The molecule has 0 aromatic heterocycles. The van der Waals surface area contributed by atoms with Crippen LogP contribution in [-0.2, 0) is 9.59 Å². The van der Waals surface area contributed by atoms with E-state index < -0.39 is 11.9 Å². The Bertz CT molecular complexity index is 332. The third-order valence-corrected chi connectivity index (χ3v) is 3.24. The Kier molecular flexibility index (Phi) is 5.02. The molecule has 1 aliphatic heterocycles. The van der Waals surface area contributed by atoms with Crippen LogP contribution in [0.25, 0.3) is 0 Å². The summed E-state index contributed by atoms with van der Waals surface area (Å²) in [5.74, 6) is 1.42. The maximum Gasteiger partial charge on any atom is 0.308 e. The van der Waals surface area contributed by atoms with Gasteiger partial charge in [0, 0.05) is 25.9 Å². The molecule has 0 saturated carbocycles. The van der Waals surface area contributed by atoms with Gasteiger partial charge in [-0.3, -0.25) is 9.59 Å². The SMILES string of the molecule is C#CCCCCC(=O)N1C[C@@H](C)[C@H](C(=O)O)C1. The molecule has 0 radical (unpaired) electrons. The summed E-state index contributed by atoms with van der Waals surface area (Å²) < 4.78 is 0. The molecule has 1 amide bonds. The van der Waals surface area contributed by atoms with Gasteiger partial charge < -0.3 is 10.0 Å². The summed E-state index contributed by atoms with van der Waals surface area (Å²) in [6.07, 6.45) is 7.93. The van der Waals surface area contributed by atoms with E-state index in [-0.39, 0.29) is 11.8 Å². The van der Waals surface area contributed by atoms with Gasteiger partial charge in [0.15, 0.2) is 0 Å². The predicted molar refractivity (Wildman–Crippen MR) is 64.2 cm³/mol. The van der Waals surface area contributed by atoms with Crippen molar-refractivity contribution in [2.45, 2.75) is 32.6 Å². The largest absolute Gasteiger partial charge is 0.481 e. The second kappa shape index (κ2) is 6.29. The molecule has 94 valence electrons. The lowest BCUT2D eigenvalue weighted by atomic mass is 9.99. The van der Waals surface area contributed by atoms with Crippen LogP contribution >= 0.6 is 0 Å². The first-order chi connectivity index (χ1) is 8.06. The zero-order chi connectivity index (χ0) is 12.8. The molecule has 1 aliphatic rings. The Morgan fingerprint density at radius 1 is 1.41 bits per heavy atom. The molecule has 0 spiro atoms. The molecule has 0 bridgehead atoms. The number of amides is 1. The van der Waals surface area contributed by atoms with Crippen LogP contribution in [0.3, 0.4) is 0 Å². The number of carboxylic acid groups (broad SMARTS) is 1. The smallest absolute Gasteiger partial charge is 0.308 e. The fourth-order valence-corrected chi connectivity index (χ4v) is 2.15. The van der Waals surface area contributed by atoms with E-state index in [1.807, 2.05) is 6.92 Å². The van der Waals surface area contributed by atoms with Gasteiger partial charge >= 0.3 is 5.97 Å². The van der Waals surface area contributed by atoms with Crippen molar-refractivity contribution in [2.24, 2.45) is 11.8 Å². The molecule has 1 N–H and O–H groups in total. The average Bonchev–Trinajstić information content (AvgIpc) is 2.66. The van der Waals surface area contributed by atoms with Crippen LogP contribution in [0, 0.1) is 24.2 Å². The minimum Gasteiger partial charge on any atom is -0.481 e. The normalized spacial score (nSPS) is 23.4. The quantitative estimate of drug-likeness (QED) is 0.580. The molecule has 0 aliphatic carbocycles. The Balaban J connectivity index is 2.35. The van der Waals surface area contributed by atoms with E-state index in [1.54, 1.807) is 4.90 Å². The Hall–Kier alpha value is -1.50. The highest BCUT2D eigenvalue weighted by Gasteiger charge is 2.36. The van der Waals surface area contributed by atoms with E-state index in [1.165, 1.54) is 0 Å². The van der Waals surface area contributed by atoms with Gasteiger partial charge in [0.2, 0.25) is 5.91 Å². The lowest BCUT2D eigenvalue weighted by Gasteiger charge is -2.15. The second-order valence-electron chi connectivity index (χ2n) is 4.63. The summed E-state index contributed by atoms with van der Waals surface area (Å²) in [5.41, 5.74) is 0. The molecular weight excluding hydrogens is 218 g/mol. The topological polar surface area (TPSA) is 57.6 Å². The number of rotatable bonds is 5. The highest BCUT2D eigenvalue weighted by atomic mass is 16.4. The van der Waals surface area contributed by atoms with Crippen molar-refractivity contribution in [3.05, 3.63) is 0 Å². The number of hydrogen-bond donors (Lipinski definition) is 1. The summed E-state index contributed by atoms with van der Waals surface area (Å²) in [6.45, 7) is 2.79. The molecule has 17 heavy (non-hydrogen) atoms. The van der Waals surface area contributed by atoms with Gasteiger partial charge in [-0.25, -0.2) is 0 Å². The number of likely N-dealkylation sites (tertiary alicyclic amines) is 1. The second-order valence-corrected chi connectivity index (χ2v) is 4.63. The standard InChI is InChI=1S/C13H19NO3/c1-3-4-5-6-7-12(15)14-8-10(2)11(9-14)13(16)17/h1,10-11H,4-9H2,2H3,(H,16,17)/t10-,11-/m1/s1. The van der Waals surface area contributed by atoms with Gasteiger partial charge in [-0.05, 0) is 18.8 Å². The van der Waals surface area contributed by atoms with Crippen molar-refractivity contribution in [3.63, 3.8) is 0 Å². The van der Waals surface area contributed by atoms with Crippen LogP contribution in [0.1, 0.15) is 32.6 Å². The van der Waals surface area contributed by atoms with E-state index >= 15 is 0 Å². The molecule has 1 rings (SSSR count). The summed E-state index contributed by atoms with van der Waals surface area (Å²) in [5, 5.41) is 8.97. The van der Waals surface area contributed by atoms with Gasteiger partial charge in [0.1, 0.15) is 0 Å². The minimum atomic E-state index is -0.805. The van der Waals surface area contributed by atoms with Crippen LogP contribution in [0.2, 0.25) is 0 Å². The number of carbonyl (C=O) groups excluding carboxylic acids is 1. The first kappa shape index (κ1) is 13.6. The van der Waals surface area contributed by atoms with Crippen molar-refractivity contribution < 1.29 is 14.7 Å². The monoisotopic (exact) mass is 237 g/mol. The zero-order valence-corrected chi connectivity index (χ0v) is 10.2. The van der Waals surface area contributed by atoms with E-state index in [2.05, 4.69) is 5.92 Å². The van der Waals surface area contributed by atoms with E-state index in [4.69, 9.17) is 11.5 Å². The predicted octanol–water partition coefficient (Wildman–Crippen LogP) is 1.36. The Morgan fingerprint density at radius 2 is 2.12 bits per heavy atom. The Labute approximate surface area is 102 Å². The van der Waals surface area contributed by atoms with Crippen molar-refractivity contribution in [1.29, 1.82) is 0 Å². The van der Waals surface area contributed by atoms with Crippen LogP contribution < -0.4 is 0 Å². The van der Waals surface area contributed by atoms with Crippen molar-refractivity contribution in [3.8, 4) is 12.3 Å². The zero-order valence-electron chi connectivity index (χ0n) is 10.2. The number of carboxylic acids is 1.